The number of nitrogens with zero attached hydrogens (tertiary/aromatic N) is 2. The first kappa shape index (κ1) is 12.9. The van der Waals surface area contributed by atoms with Gasteiger partial charge in [0.2, 0.25) is 0 Å². The van der Waals surface area contributed by atoms with Crippen LogP contribution in [-0.4, -0.2) is 20.9 Å². The first-order chi connectivity index (χ1) is 8.97. The number of hydrogen-bond acceptors (Lipinski definition) is 5. The third-order valence-electron chi connectivity index (χ3n) is 2.49. The van der Waals surface area contributed by atoms with Gasteiger partial charge in [-0.3, -0.25) is 0 Å². The Hall–Kier alpha value is -2.50. The summed E-state index contributed by atoms with van der Waals surface area (Å²) in [6, 6.07) is 7.51. The number of aromatic hydroxyl groups is 1. The molecule has 1 aromatic heterocycles. The molecule has 1 aromatic carbocycles. The summed E-state index contributed by atoms with van der Waals surface area (Å²) in [7, 11) is 0. The fraction of sp³-hybridized carbons (Fsp3) is 0.231. The molecular formula is C13H15N3O3. The molecule has 2 aromatic rings. The van der Waals surface area contributed by atoms with Gasteiger partial charge in [-0.1, -0.05) is 6.07 Å². The molecule has 0 radical (unpaired) electrons. The van der Waals surface area contributed by atoms with Crippen LogP contribution in [0, 0.1) is 0 Å². The molecule has 0 atom stereocenters. The second-order valence-electron chi connectivity index (χ2n) is 4.38. The van der Waals surface area contributed by atoms with E-state index >= 15 is 0 Å². The number of benzene rings is 1. The van der Waals surface area contributed by atoms with E-state index in [1.165, 1.54) is 18.2 Å². The Morgan fingerprint density at radius 3 is 2.74 bits per heavy atom. The van der Waals surface area contributed by atoms with Crippen LogP contribution in [0.2, 0.25) is 0 Å². The van der Waals surface area contributed by atoms with Gasteiger partial charge in [0.15, 0.2) is 5.69 Å². The minimum atomic E-state index is -0.614. The van der Waals surface area contributed by atoms with Gasteiger partial charge in [-0.2, -0.15) is 5.10 Å². The predicted molar refractivity (Wildman–Crippen MR) is 70.1 cm³/mol. The number of ether oxygens (including phenoxy) is 1. The van der Waals surface area contributed by atoms with Crippen molar-refractivity contribution in [1.82, 2.24) is 9.78 Å². The summed E-state index contributed by atoms with van der Waals surface area (Å²) in [5.41, 5.74) is 5.88. The van der Waals surface area contributed by atoms with E-state index in [0.29, 0.717) is 5.82 Å². The lowest BCUT2D eigenvalue weighted by molar-refractivity contribution is 0.0727. The summed E-state index contributed by atoms with van der Waals surface area (Å²) < 4.78 is 6.64. The predicted octanol–water partition coefficient (Wildman–Crippen LogP) is 1.97. The Kier molecular flexibility index (Phi) is 3.41. The van der Waals surface area contributed by atoms with Crippen molar-refractivity contribution in [3.05, 3.63) is 36.0 Å². The highest BCUT2D eigenvalue weighted by Crippen LogP contribution is 2.20. The Labute approximate surface area is 110 Å². The summed E-state index contributed by atoms with van der Waals surface area (Å²) in [5, 5.41) is 13.4. The number of phenols is 1. The highest BCUT2D eigenvalue weighted by molar-refractivity contribution is 5.89. The van der Waals surface area contributed by atoms with Gasteiger partial charge in [-0.15, -0.1) is 0 Å². The van der Waals surface area contributed by atoms with Crippen LogP contribution in [0.15, 0.2) is 30.3 Å². The average Bonchev–Trinajstić information content (AvgIpc) is 2.71. The molecule has 0 unspecified atom stereocenters. The quantitative estimate of drug-likeness (QED) is 0.651. The van der Waals surface area contributed by atoms with Gasteiger partial charge in [0.1, 0.15) is 17.3 Å². The monoisotopic (exact) mass is 261 g/mol. The van der Waals surface area contributed by atoms with Gasteiger partial charge < -0.3 is 15.6 Å². The third kappa shape index (κ3) is 2.85. The number of aromatic nitrogens is 2. The number of nitrogen functional groups attached to an aromatic ring is 1. The van der Waals surface area contributed by atoms with Crippen molar-refractivity contribution in [2.45, 2.75) is 19.9 Å². The fourth-order valence-corrected chi connectivity index (χ4v) is 1.63. The molecule has 19 heavy (non-hydrogen) atoms. The second-order valence-corrected chi connectivity index (χ2v) is 4.38. The molecule has 3 N–H and O–H groups in total. The van der Waals surface area contributed by atoms with E-state index in [1.807, 2.05) is 13.8 Å². The minimum Gasteiger partial charge on any atom is -0.508 e. The number of carbonyl (C=O) groups is 1. The summed E-state index contributed by atoms with van der Waals surface area (Å²) in [6.07, 6.45) is 0. The maximum atomic E-state index is 11.9. The Balaban J connectivity index is 2.18. The number of hydrogen-bond donors (Lipinski definition) is 2. The third-order valence-corrected chi connectivity index (χ3v) is 2.49. The van der Waals surface area contributed by atoms with Gasteiger partial charge in [-0.25, -0.2) is 9.48 Å². The maximum absolute atomic E-state index is 11.9. The van der Waals surface area contributed by atoms with Crippen molar-refractivity contribution in [1.29, 1.82) is 0 Å². The smallest absolute Gasteiger partial charge is 0.364 e. The molecule has 0 aliphatic heterocycles. The average molecular weight is 261 g/mol. The number of rotatable bonds is 3. The number of anilines is 1. The van der Waals surface area contributed by atoms with E-state index in [0.717, 1.165) is 0 Å². The van der Waals surface area contributed by atoms with Crippen molar-refractivity contribution < 1.29 is 14.6 Å². The molecule has 0 spiro atoms. The van der Waals surface area contributed by atoms with Gasteiger partial charge in [0, 0.05) is 18.2 Å². The highest BCUT2D eigenvalue weighted by atomic mass is 16.5. The molecule has 0 saturated heterocycles. The maximum Gasteiger partial charge on any atom is 0.364 e. The van der Waals surface area contributed by atoms with Gasteiger partial charge in [0.25, 0.3) is 0 Å². The Bertz CT molecular complexity index is 605. The van der Waals surface area contributed by atoms with E-state index in [-0.39, 0.29) is 23.2 Å². The molecule has 0 bridgehead atoms. The lowest BCUT2D eigenvalue weighted by Crippen LogP contribution is -2.11. The zero-order valence-electron chi connectivity index (χ0n) is 10.7. The summed E-state index contributed by atoms with van der Waals surface area (Å²) in [6.45, 7) is 3.82. The van der Waals surface area contributed by atoms with Crippen LogP contribution in [0.5, 0.6) is 11.5 Å². The lowest BCUT2D eigenvalue weighted by atomic mass is 10.3. The van der Waals surface area contributed by atoms with Crippen LogP contribution in [-0.2, 0) is 0 Å². The van der Waals surface area contributed by atoms with Crippen molar-refractivity contribution in [2.24, 2.45) is 0 Å². The van der Waals surface area contributed by atoms with Crippen molar-refractivity contribution >= 4 is 11.8 Å². The Morgan fingerprint density at radius 1 is 1.42 bits per heavy atom. The standard InChI is InChI=1S/C13H15N3O3/c1-8(2)16-12(14)7-11(15-16)13(18)19-10-5-3-4-9(17)6-10/h3-8,17H,14H2,1-2H3. The van der Waals surface area contributed by atoms with E-state index < -0.39 is 5.97 Å². The number of carbonyl (C=O) groups excluding carboxylic acids is 1. The molecule has 0 aliphatic carbocycles. The van der Waals surface area contributed by atoms with Crippen LogP contribution in [0.1, 0.15) is 30.4 Å². The zero-order valence-corrected chi connectivity index (χ0v) is 10.7. The van der Waals surface area contributed by atoms with Crippen LogP contribution < -0.4 is 10.5 Å². The highest BCUT2D eigenvalue weighted by Gasteiger charge is 2.16. The van der Waals surface area contributed by atoms with Crippen LogP contribution >= 0.6 is 0 Å². The van der Waals surface area contributed by atoms with Crippen LogP contribution in [0.4, 0.5) is 5.82 Å². The van der Waals surface area contributed by atoms with Crippen LogP contribution in [0.25, 0.3) is 0 Å². The Morgan fingerprint density at radius 2 is 2.16 bits per heavy atom. The molecule has 2 rings (SSSR count). The lowest BCUT2D eigenvalue weighted by Gasteiger charge is -2.06. The molecule has 1 heterocycles. The largest absolute Gasteiger partial charge is 0.508 e. The van der Waals surface area contributed by atoms with E-state index in [2.05, 4.69) is 5.10 Å². The molecule has 100 valence electrons. The molecule has 6 nitrogen and oxygen atoms in total. The number of phenolic OH excluding ortho intramolecular Hbond substituents is 1. The van der Waals surface area contributed by atoms with Crippen molar-refractivity contribution in [3.8, 4) is 11.5 Å². The zero-order chi connectivity index (χ0) is 14.0. The van der Waals surface area contributed by atoms with Crippen molar-refractivity contribution in [3.63, 3.8) is 0 Å². The number of nitrogens with two attached hydrogens (primary N) is 1. The normalized spacial score (nSPS) is 10.7. The minimum absolute atomic E-state index is 0.0255. The molecule has 0 aliphatic rings. The number of esters is 1. The molecule has 0 fully saturated rings. The van der Waals surface area contributed by atoms with Gasteiger partial charge in [-0.05, 0) is 26.0 Å². The van der Waals surface area contributed by atoms with Gasteiger partial charge in [0.05, 0.1) is 0 Å². The summed E-state index contributed by atoms with van der Waals surface area (Å²) >= 11 is 0. The molecule has 6 heteroatoms. The molecule has 0 amide bonds. The van der Waals surface area contributed by atoms with Crippen molar-refractivity contribution in [2.75, 3.05) is 5.73 Å². The topological polar surface area (TPSA) is 90.4 Å². The van der Waals surface area contributed by atoms with E-state index in [9.17, 15) is 9.90 Å². The van der Waals surface area contributed by atoms with Gasteiger partial charge >= 0.3 is 5.97 Å². The fourth-order valence-electron chi connectivity index (χ4n) is 1.63. The summed E-state index contributed by atoms with van der Waals surface area (Å²) in [5.74, 6) is 0.0646. The SMILES string of the molecule is CC(C)n1nc(C(=O)Oc2cccc(O)c2)cc1N. The molecular weight excluding hydrogens is 246 g/mol. The summed E-state index contributed by atoms with van der Waals surface area (Å²) in [4.78, 5) is 11.9. The van der Waals surface area contributed by atoms with E-state index in [4.69, 9.17) is 10.5 Å². The molecule has 0 saturated carbocycles. The second kappa shape index (κ2) is 5.01. The van der Waals surface area contributed by atoms with Crippen LogP contribution in [0.3, 0.4) is 0 Å². The van der Waals surface area contributed by atoms with E-state index in [1.54, 1.807) is 16.8 Å². The first-order valence-electron chi connectivity index (χ1n) is 5.83. The first-order valence-corrected chi connectivity index (χ1v) is 5.83.